The summed E-state index contributed by atoms with van der Waals surface area (Å²) in [4.78, 5) is 20.1. The summed E-state index contributed by atoms with van der Waals surface area (Å²) in [6, 6.07) is 10.0. The number of fused-ring (bicyclic) bond motifs is 1. The van der Waals surface area contributed by atoms with Gasteiger partial charge >= 0.3 is 5.97 Å². The second-order valence-corrected chi connectivity index (χ2v) is 7.80. The maximum Gasteiger partial charge on any atom is 0.308 e. The van der Waals surface area contributed by atoms with Crippen molar-refractivity contribution >= 4 is 22.3 Å². The van der Waals surface area contributed by atoms with Gasteiger partial charge in [0.15, 0.2) is 0 Å². The van der Waals surface area contributed by atoms with Gasteiger partial charge in [0, 0.05) is 0 Å². The first kappa shape index (κ1) is 17.9. The van der Waals surface area contributed by atoms with Gasteiger partial charge in [0.05, 0.1) is 23.9 Å². The molecule has 0 spiro atoms. The number of likely N-dealkylation sites (tertiary alicyclic amines) is 1. The molecule has 142 valence electrons. The molecule has 1 atom stereocenters. The number of carbonyl (C=O) groups is 1. The first-order valence-electron chi connectivity index (χ1n) is 9.00. The number of rotatable bonds is 4. The third-order valence-electron chi connectivity index (χ3n) is 5.10. The highest BCUT2D eigenvalue weighted by Crippen LogP contribution is 2.41. The van der Waals surface area contributed by atoms with Crippen LogP contribution in [0.5, 0.6) is 5.88 Å². The van der Waals surface area contributed by atoms with Crippen molar-refractivity contribution in [1.29, 1.82) is 0 Å². The smallest absolute Gasteiger partial charge is 0.308 e. The molecule has 2 aromatic heterocycles. The van der Waals surface area contributed by atoms with Crippen molar-refractivity contribution in [2.75, 3.05) is 20.2 Å². The Balaban J connectivity index is 1.69. The number of aromatic nitrogens is 3. The van der Waals surface area contributed by atoms with E-state index >= 15 is 0 Å². The van der Waals surface area contributed by atoms with E-state index in [0.717, 1.165) is 36.4 Å². The number of nitrogens with zero attached hydrogens (tertiary/aromatic N) is 4. The monoisotopic (exact) mass is 386 g/mol. The van der Waals surface area contributed by atoms with Gasteiger partial charge in [0.1, 0.15) is 5.82 Å². The van der Waals surface area contributed by atoms with E-state index in [4.69, 9.17) is 4.74 Å². The summed E-state index contributed by atoms with van der Waals surface area (Å²) in [5, 5.41) is 15.1. The van der Waals surface area contributed by atoms with Crippen molar-refractivity contribution in [2.24, 2.45) is 5.92 Å². The largest absolute Gasteiger partial charge is 0.492 e. The van der Waals surface area contributed by atoms with Crippen LogP contribution in [0.25, 0.3) is 4.96 Å². The first-order valence-corrected chi connectivity index (χ1v) is 9.82. The number of piperidine rings is 1. The molecule has 4 rings (SSSR count). The van der Waals surface area contributed by atoms with E-state index in [1.165, 1.54) is 23.0 Å². The van der Waals surface area contributed by atoms with Crippen LogP contribution in [-0.2, 0) is 9.53 Å². The van der Waals surface area contributed by atoms with E-state index < -0.39 is 0 Å². The SMILES string of the molecule is COC(=O)C1CCN([C@@H](c2ccccc2)c2sc3nc(C)nn3c2O)CC1. The predicted octanol–water partition coefficient (Wildman–Crippen LogP) is 2.78. The van der Waals surface area contributed by atoms with Crippen LogP contribution in [0.4, 0.5) is 0 Å². The number of carbonyl (C=O) groups excluding carboxylic acids is 1. The highest BCUT2D eigenvalue weighted by Gasteiger charge is 2.34. The number of ether oxygens (including phenoxy) is 1. The van der Waals surface area contributed by atoms with Gasteiger partial charge in [0.2, 0.25) is 10.8 Å². The molecule has 8 heteroatoms. The van der Waals surface area contributed by atoms with Crippen molar-refractivity contribution in [3.8, 4) is 5.88 Å². The predicted molar refractivity (Wildman–Crippen MR) is 102 cm³/mol. The lowest BCUT2D eigenvalue weighted by atomic mass is 9.94. The van der Waals surface area contributed by atoms with Gasteiger partial charge in [0.25, 0.3) is 0 Å². The van der Waals surface area contributed by atoms with Gasteiger partial charge in [-0.2, -0.15) is 4.52 Å². The van der Waals surface area contributed by atoms with Crippen molar-refractivity contribution < 1.29 is 14.6 Å². The lowest BCUT2D eigenvalue weighted by molar-refractivity contribution is -0.147. The third-order valence-corrected chi connectivity index (χ3v) is 6.17. The van der Waals surface area contributed by atoms with Gasteiger partial charge in [-0.15, -0.1) is 5.10 Å². The standard InChI is InChI=1S/C19H22N4O3S/c1-12-20-19-23(21-12)17(24)16(27-19)15(13-6-4-3-5-7-13)22-10-8-14(9-11-22)18(25)26-2/h3-7,14-15,24H,8-11H2,1-2H3/t15-/m0/s1. The van der Waals surface area contributed by atoms with Crippen LogP contribution in [0.2, 0.25) is 0 Å². The molecule has 3 aromatic rings. The van der Waals surface area contributed by atoms with Crippen molar-refractivity contribution in [3.05, 3.63) is 46.6 Å². The van der Waals surface area contributed by atoms with E-state index in [1.807, 2.05) is 25.1 Å². The number of thiazole rings is 1. The second-order valence-electron chi connectivity index (χ2n) is 6.79. The van der Waals surface area contributed by atoms with Gasteiger partial charge in [-0.3, -0.25) is 9.69 Å². The molecule has 1 N–H and O–H groups in total. The summed E-state index contributed by atoms with van der Waals surface area (Å²) in [6.45, 7) is 3.32. The number of aryl methyl sites for hydroxylation is 1. The summed E-state index contributed by atoms with van der Waals surface area (Å²) in [5.74, 6) is 0.585. The van der Waals surface area contributed by atoms with E-state index in [-0.39, 0.29) is 23.8 Å². The fraction of sp³-hybridized carbons (Fsp3) is 0.421. The van der Waals surface area contributed by atoms with Crippen molar-refractivity contribution in [1.82, 2.24) is 19.5 Å². The highest BCUT2D eigenvalue weighted by molar-refractivity contribution is 7.17. The number of esters is 1. The molecule has 0 radical (unpaired) electrons. The summed E-state index contributed by atoms with van der Waals surface area (Å²) in [6.07, 6.45) is 1.49. The molecule has 3 heterocycles. The van der Waals surface area contributed by atoms with Gasteiger partial charge in [-0.25, -0.2) is 4.98 Å². The van der Waals surface area contributed by atoms with E-state index in [0.29, 0.717) is 10.8 Å². The van der Waals surface area contributed by atoms with Crippen molar-refractivity contribution in [2.45, 2.75) is 25.8 Å². The molecule has 1 aromatic carbocycles. The molecule has 0 unspecified atom stereocenters. The number of aromatic hydroxyl groups is 1. The third kappa shape index (κ3) is 3.30. The number of hydrogen-bond donors (Lipinski definition) is 1. The molecular formula is C19H22N4O3S. The molecule has 1 fully saturated rings. The molecule has 0 aliphatic carbocycles. The average Bonchev–Trinajstić information content (AvgIpc) is 3.20. The summed E-state index contributed by atoms with van der Waals surface area (Å²) in [5.41, 5.74) is 1.10. The lowest BCUT2D eigenvalue weighted by Crippen LogP contribution is -2.39. The zero-order chi connectivity index (χ0) is 19.0. The minimum absolute atomic E-state index is 0.0544. The summed E-state index contributed by atoms with van der Waals surface area (Å²) < 4.78 is 6.41. The quantitative estimate of drug-likeness (QED) is 0.695. The minimum atomic E-state index is -0.136. The van der Waals surface area contributed by atoms with Crippen LogP contribution in [0, 0.1) is 12.8 Å². The van der Waals surface area contributed by atoms with Crippen LogP contribution in [0.1, 0.15) is 35.1 Å². The van der Waals surface area contributed by atoms with Gasteiger partial charge < -0.3 is 9.84 Å². The Kier molecular flexibility index (Phi) is 4.84. The molecule has 1 aliphatic rings. The zero-order valence-corrected chi connectivity index (χ0v) is 16.1. The molecule has 0 amide bonds. The maximum atomic E-state index is 11.9. The summed E-state index contributed by atoms with van der Waals surface area (Å²) >= 11 is 1.46. The Morgan fingerprint density at radius 1 is 1.30 bits per heavy atom. The Morgan fingerprint density at radius 3 is 2.63 bits per heavy atom. The fourth-order valence-electron chi connectivity index (χ4n) is 3.75. The van der Waals surface area contributed by atoms with Gasteiger partial charge in [-0.1, -0.05) is 41.7 Å². The zero-order valence-electron chi connectivity index (χ0n) is 15.3. The Labute approximate surface area is 161 Å². The average molecular weight is 386 g/mol. The van der Waals surface area contributed by atoms with Crippen molar-refractivity contribution in [3.63, 3.8) is 0 Å². The fourth-order valence-corrected chi connectivity index (χ4v) is 4.91. The number of methoxy groups -OCH3 is 1. The lowest BCUT2D eigenvalue weighted by Gasteiger charge is -2.36. The van der Waals surface area contributed by atoms with Crippen LogP contribution < -0.4 is 0 Å². The van der Waals surface area contributed by atoms with Crippen LogP contribution in [0.15, 0.2) is 30.3 Å². The Hall–Kier alpha value is -2.45. The van der Waals surface area contributed by atoms with E-state index in [9.17, 15) is 9.90 Å². The highest BCUT2D eigenvalue weighted by atomic mass is 32.1. The molecular weight excluding hydrogens is 364 g/mol. The van der Waals surface area contributed by atoms with Crippen LogP contribution >= 0.6 is 11.3 Å². The number of hydrogen-bond acceptors (Lipinski definition) is 7. The molecule has 7 nitrogen and oxygen atoms in total. The van der Waals surface area contributed by atoms with Crippen LogP contribution in [0.3, 0.4) is 0 Å². The topological polar surface area (TPSA) is 80.0 Å². The first-order chi connectivity index (χ1) is 13.1. The van der Waals surface area contributed by atoms with Crippen LogP contribution in [-0.4, -0.2) is 50.8 Å². The van der Waals surface area contributed by atoms with E-state index in [2.05, 4.69) is 27.1 Å². The minimum Gasteiger partial charge on any atom is -0.492 e. The molecule has 0 saturated carbocycles. The van der Waals surface area contributed by atoms with Gasteiger partial charge in [-0.05, 0) is 38.4 Å². The molecule has 1 aliphatic heterocycles. The molecule has 1 saturated heterocycles. The number of benzene rings is 1. The maximum absolute atomic E-state index is 11.9. The summed E-state index contributed by atoms with van der Waals surface area (Å²) in [7, 11) is 1.44. The Morgan fingerprint density at radius 2 is 2.00 bits per heavy atom. The normalized spacial score (nSPS) is 17.3. The molecule has 27 heavy (non-hydrogen) atoms. The molecule has 0 bridgehead atoms. The van der Waals surface area contributed by atoms with E-state index in [1.54, 1.807) is 0 Å². The second kappa shape index (κ2) is 7.28. The Bertz CT molecular complexity index is 945.